The predicted octanol–water partition coefficient (Wildman–Crippen LogP) is 3.89. The van der Waals surface area contributed by atoms with Crippen molar-refractivity contribution in [3.05, 3.63) is 44.9 Å². The first-order valence-corrected chi connectivity index (χ1v) is 9.38. The van der Waals surface area contributed by atoms with Crippen molar-refractivity contribution >= 4 is 17.3 Å². The summed E-state index contributed by atoms with van der Waals surface area (Å²) >= 11 is 1.70. The van der Waals surface area contributed by atoms with E-state index in [1.54, 1.807) is 18.4 Å². The maximum Gasteiger partial charge on any atom is 0.192 e. The highest BCUT2D eigenvalue weighted by Gasteiger charge is 2.13. The van der Waals surface area contributed by atoms with Crippen LogP contribution in [0.5, 0.6) is 5.75 Å². The van der Waals surface area contributed by atoms with Crippen LogP contribution >= 0.6 is 11.3 Å². The number of aromatic nitrogens is 1. The fraction of sp³-hybridized carbons (Fsp3) is 0.474. The van der Waals surface area contributed by atoms with Crippen LogP contribution < -0.4 is 15.4 Å². The molecular weight excluding hydrogens is 332 g/mol. The maximum atomic E-state index is 5.50. The van der Waals surface area contributed by atoms with Gasteiger partial charge in [-0.1, -0.05) is 17.7 Å². The van der Waals surface area contributed by atoms with Crippen molar-refractivity contribution in [2.45, 2.75) is 47.2 Å². The molecule has 0 saturated heterocycles. The van der Waals surface area contributed by atoms with Gasteiger partial charge in [-0.25, -0.2) is 9.98 Å². The lowest BCUT2D eigenvalue weighted by Crippen LogP contribution is -2.38. The molecular formula is C19H28N4OS. The van der Waals surface area contributed by atoms with Crippen molar-refractivity contribution < 1.29 is 4.74 Å². The molecule has 0 saturated carbocycles. The number of thiazole rings is 1. The zero-order valence-electron chi connectivity index (χ0n) is 15.9. The van der Waals surface area contributed by atoms with Gasteiger partial charge in [0.1, 0.15) is 5.75 Å². The lowest BCUT2D eigenvalue weighted by atomic mass is 10.0. The molecule has 1 aromatic heterocycles. The van der Waals surface area contributed by atoms with E-state index in [0.29, 0.717) is 6.54 Å². The number of aliphatic imine (C=N–C) groups is 1. The number of benzene rings is 1. The molecule has 1 atom stereocenters. The Labute approximate surface area is 154 Å². The van der Waals surface area contributed by atoms with E-state index in [9.17, 15) is 0 Å². The number of nitrogens with zero attached hydrogens (tertiary/aromatic N) is 2. The zero-order valence-corrected chi connectivity index (χ0v) is 16.8. The van der Waals surface area contributed by atoms with Crippen LogP contribution in [0.15, 0.2) is 23.2 Å². The van der Waals surface area contributed by atoms with Crippen molar-refractivity contribution in [2.24, 2.45) is 4.99 Å². The third kappa shape index (κ3) is 5.19. The Morgan fingerprint density at radius 3 is 2.68 bits per heavy atom. The number of hydrogen-bond acceptors (Lipinski definition) is 4. The molecule has 1 aromatic carbocycles. The van der Waals surface area contributed by atoms with Crippen molar-refractivity contribution in [3.63, 3.8) is 0 Å². The predicted molar refractivity (Wildman–Crippen MR) is 106 cm³/mol. The average Bonchev–Trinajstić information content (AvgIpc) is 2.90. The van der Waals surface area contributed by atoms with Crippen molar-refractivity contribution in [1.82, 2.24) is 15.6 Å². The second-order valence-electron chi connectivity index (χ2n) is 6.05. The van der Waals surface area contributed by atoms with Crippen LogP contribution in [0.1, 0.15) is 46.6 Å². The molecule has 0 aliphatic heterocycles. The Morgan fingerprint density at radius 1 is 1.32 bits per heavy atom. The van der Waals surface area contributed by atoms with Crippen LogP contribution in [0.25, 0.3) is 0 Å². The van der Waals surface area contributed by atoms with E-state index < -0.39 is 0 Å². The molecule has 0 amide bonds. The highest BCUT2D eigenvalue weighted by Crippen LogP contribution is 2.26. The van der Waals surface area contributed by atoms with Gasteiger partial charge in [0, 0.05) is 17.0 Å². The van der Waals surface area contributed by atoms with Gasteiger partial charge < -0.3 is 15.4 Å². The van der Waals surface area contributed by atoms with Crippen LogP contribution in [-0.2, 0) is 6.54 Å². The first-order valence-electron chi connectivity index (χ1n) is 8.56. The van der Waals surface area contributed by atoms with Gasteiger partial charge in [-0.3, -0.25) is 0 Å². The van der Waals surface area contributed by atoms with Crippen molar-refractivity contribution in [2.75, 3.05) is 13.7 Å². The highest BCUT2D eigenvalue weighted by molar-refractivity contribution is 7.11. The van der Waals surface area contributed by atoms with Gasteiger partial charge in [-0.05, 0) is 40.7 Å². The van der Waals surface area contributed by atoms with Crippen LogP contribution in [0, 0.1) is 20.8 Å². The number of rotatable bonds is 6. The second-order valence-corrected chi connectivity index (χ2v) is 7.34. The van der Waals surface area contributed by atoms with Crippen LogP contribution in [0.2, 0.25) is 0 Å². The Morgan fingerprint density at radius 2 is 2.08 bits per heavy atom. The van der Waals surface area contributed by atoms with Gasteiger partial charge in [0.2, 0.25) is 0 Å². The topological polar surface area (TPSA) is 58.5 Å². The van der Waals surface area contributed by atoms with Gasteiger partial charge >= 0.3 is 0 Å². The molecule has 0 bridgehead atoms. The molecule has 0 aliphatic rings. The Kier molecular flexibility index (Phi) is 6.82. The third-order valence-corrected chi connectivity index (χ3v) is 4.99. The Bertz CT molecular complexity index is 739. The van der Waals surface area contributed by atoms with E-state index in [2.05, 4.69) is 48.5 Å². The molecule has 0 aliphatic carbocycles. The number of hydrogen-bond donors (Lipinski definition) is 2. The molecule has 0 spiro atoms. The van der Waals surface area contributed by atoms with Gasteiger partial charge in [0.25, 0.3) is 0 Å². The summed E-state index contributed by atoms with van der Waals surface area (Å²) in [5.41, 5.74) is 3.40. The molecule has 2 aromatic rings. The zero-order chi connectivity index (χ0) is 18.4. The number of aryl methyl sites for hydroxylation is 3. The molecule has 136 valence electrons. The Hall–Kier alpha value is -2.08. The average molecular weight is 361 g/mol. The molecule has 2 rings (SSSR count). The minimum absolute atomic E-state index is 0.0805. The molecule has 5 nitrogen and oxygen atoms in total. The smallest absolute Gasteiger partial charge is 0.192 e. The lowest BCUT2D eigenvalue weighted by molar-refractivity contribution is 0.405. The summed E-state index contributed by atoms with van der Waals surface area (Å²) in [6, 6.07) is 6.30. The third-order valence-electron chi connectivity index (χ3n) is 3.93. The SMILES string of the molecule is CCNC(=NCc1sc(C)nc1C)NC(C)c1cc(C)ccc1OC. The van der Waals surface area contributed by atoms with Gasteiger partial charge in [0.05, 0.1) is 30.4 Å². The summed E-state index contributed by atoms with van der Waals surface area (Å²) < 4.78 is 5.50. The molecule has 2 N–H and O–H groups in total. The van der Waals surface area contributed by atoms with Crippen molar-refractivity contribution in [3.8, 4) is 5.75 Å². The quantitative estimate of drug-likeness (QED) is 0.606. The molecule has 1 heterocycles. The largest absolute Gasteiger partial charge is 0.496 e. The summed E-state index contributed by atoms with van der Waals surface area (Å²) in [6.07, 6.45) is 0. The minimum Gasteiger partial charge on any atom is -0.496 e. The monoisotopic (exact) mass is 360 g/mol. The summed E-state index contributed by atoms with van der Waals surface area (Å²) in [6.45, 7) is 11.8. The standard InChI is InChI=1S/C19H28N4OS/c1-7-20-19(21-11-18-14(4)22-15(5)25-18)23-13(3)16-10-12(2)8-9-17(16)24-6/h8-10,13H,7,11H2,1-6H3,(H2,20,21,23). The van der Waals surface area contributed by atoms with E-state index >= 15 is 0 Å². The van der Waals surface area contributed by atoms with Crippen LogP contribution in [-0.4, -0.2) is 24.6 Å². The van der Waals surface area contributed by atoms with E-state index in [1.165, 1.54) is 10.4 Å². The molecule has 1 unspecified atom stereocenters. The van der Waals surface area contributed by atoms with E-state index in [4.69, 9.17) is 9.73 Å². The second kappa shape index (κ2) is 8.85. The molecule has 0 fully saturated rings. The summed E-state index contributed by atoms with van der Waals surface area (Å²) in [5.74, 6) is 1.68. The summed E-state index contributed by atoms with van der Waals surface area (Å²) in [7, 11) is 1.70. The first kappa shape index (κ1) is 19.2. The number of methoxy groups -OCH3 is 1. The maximum absolute atomic E-state index is 5.50. The van der Waals surface area contributed by atoms with Crippen LogP contribution in [0.3, 0.4) is 0 Å². The molecule has 25 heavy (non-hydrogen) atoms. The molecule has 0 radical (unpaired) electrons. The lowest BCUT2D eigenvalue weighted by Gasteiger charge is -2.20. The highest BCUT2D eigenvalue weighted by atomic mass is 32.1. The van der Waals surface area contributed by atoms with Crippen LogP contribution in [0.4, 0.5) is 0 Å². The van der Waals surface area contributed by atoms with E-state index in [1.807, 2.05) is 19.9 Å². The number of guanidine groups is 1. The number of nitrogens with one attached hydrogen (secondary N) is 2. The fourth-order valence-electron chi connectivity index (χ4n) is 2.67. The number of ether oxygens (including phenoxy) is 1. The van der Waals surface area contributed by atoms with E-state index in [-0.39, 0.29) is 6.04 Å². The van der Waals surface area contributed by atoms with Gasteiger partial charge in [0.15, 0.2) is 5.96 Å². The normalized spacial score (nSPS) is 12.8. The van der Waals surface area contributed by atoms with Gasteiger partial charge in [-0.2, -0.15) is 0 Å². The fourth-order valence-corrected chi connectivity index (χ4v) is 3.53. The minimum atomic E-state index is 0.0805. The van der Waals surface area contributed by atoms with Crippen molar-refractivity contribution in [1.29, 1.82) is 0 Å². The van der Waals surface area contributed by atoms with Gasteiger partial charge in [-0.15, -0.1) is 11.3 Å². The summed E-state index contributed by atoms with van der Waals surface area (Å²) in [5, 5.41) is 7.87. The molecule has 6 heteroatoms. The Balaban J connectivity index is 2.16. The van der Waals surface area contributed by atoms with E-state index in [0.717, 1.165) is 34.5 Å². The summed E-state index contributed by atoms with van der Waals surface area (Å²) in [4.78, 5) is 10.4. The first-order chi connectivity index (χ1) is 11.9.